The number of tetrazole rings is 1. The number of aryl methyl sites for hydroxylation is 1. The second kappa shape index (κ2) is 11.7. The van der Waals surface area contributed by atoms with Gasteiger partial charge in [-0.1, -0.05) is 29.8 Å². The van der Waals surface area contributed by atoms with Crippen molar-refractivity contribution < 1.29 is 18.7 Å². The Balaban J connectivity index is 1.58. The number of hydrogen-bond acceptors (Lipinski definition) is 8. The number of amides is 2. The maximum atomic E-state index is 13.7. The molecule has 2 aromatic heterocycles. The van der Waals surface area contributed by atoms with Crippen LogP contribution in [0.25, 0.3) is 11.4 Å². The molecule has 0 spiro atoms. The lowest BCUT2D eigenvalue weighted by molar-refractivity contribution is -0.143. The van der Waals surface area contributed by atoms with Crippen molar-refractivity contribution in [2.24, 2.45) is 0 Å². The highest BCUT2D eigenvalue weighted by Gasteiger charge is 2.35. The van der Waals surface area contributed by atoms with Crippen LogP contribution >= 0.6 is 0 Å². The Morgan fingerprint density at radius 3 is 2.51 bits per heavy atom. The van der Waals surface area contributed by atoms with Crippen molar-refractivity contribution in [3.8, 4) is 11.4 Å². The fourth-order valence-electron chi connectivity index (χ4n) is 4.12. The van der Waals surface area contributed by atoms with Gasteiger partial charge in [-0.05, 0) is 45.0 Å². The molecule has 0 saturated carbocycles. The summed E-state index contributed by atoms with van der Waals surface area (Å²) in [5, 5.41) is 15.6. The van der Waals surface area contributed by atoms with Crippen LogP contribution < -0.4 is 5.32 Å². The molecule has 1 aliphatic heterocycles. The zero-order chi connectivity index (χ0) is 26.4. The Bertz CT molecular complexity index is 1160. The molecule has 1 N–H and O–H groups in total. The van der Waals surface area contributed by atoms with E-state index in [2.05, 4.69) is 25.6 Å². The minimum absolute atomic E-state index is 0.165. The summed E-state index contributed by atoms with van der Waals surface area (Å²) in [6, 6.07) is 10.2. The molecule has 11 heteroatoms. The lowest BCUT2D eigenvalue weighted by atomic mass is 10.1. The molecule has 37 heavy (non-hydrogen) atoms. The topological polar surface area (TPSA) is 119 Å². The average Bonchev–Trinajstić information content (AvgIpc) is 3.54. The number of nitrogens with one attached hydrogen (secondary N) is 1. The molecule has 4 rings (SSSR count). The van der Waals surface area contributed by atoms with Gasteiger partial charge >= 0.3 is 0 Å². The van der Waals surface area contributed by atoms with Crippen LogP contribution in [-0.4, -0.2) is 86.8 Å². The van der Waals surface area contributed by atoms with Crippen LogP contribution in [0.5, 0.6) is 0 Å². The summed E-state index contributed by atoms with van der Waals surface area (Å²) in [4.78, 5) is 32.2. The summed E-state index contributed by atoms with van der Waals surface area (Å²) in [5.41, 5.74) is 1.45. The van der Waals surface area contributed by atoms with E-state index in [0.717, 1.165) is 24.2 Å². The van der Waals surface area contributed by atoms with E-state index in [-0.39, 0.29) is 18.4 Å². The van der Waals surface area contributed by atoms with E-state index in [0.29, 0.717) is 37.9 Å². The summed E-state index contributed by atoms with van der Waals surface area (Å²) in [5.74, 6) is 0.195. The summed E-state index contributed by atoms with van der Waals surface area (Å²) in [7, 11) is 0. The standard InChI is InChI=1S/C26H35N7O4/c1-19-7-9-20(10-8-19)24-28-30-33(29-24)18-22(34)32(12-11-31-13-16-36-17-14-31)23(21-6-5-15-37-21)25(35)27-26(2,3)4/h5-10,15,23H,11-14,16-18H2,1-4H3,(H,27,35)/t23-/m0/s1. The third kappa shape index (κ3) is 7.23. The maximum absolute atomic E-state index is 13.7. The molecule has 3 aromatic rings. The Morgan fingerprint density at radius 2 is 1.86 bits per heavy atom. The number of morpholine rings is 1. The molecule has 11 nitrogen and oxygen atoms in total. The van der Waals surface area contributed by atoms with Gasteiger partial charge in [-0.3, -0.25) is 14.5 Å². The smallest absolute Gasteiger partial charge is 0.251 e. The molecule has 1 aromatic carbocycles. The highest BCUT2D eigenvalue weighted by molar-refractivity contribution is 5.88. The molecule has 198 valence electrons. The first kappa shape index (κ1) is 26.5. The van der Waals surface area contributed by atoms with Crippen LogP contribution in [0.3, 0.4) is 0 Å². The number of carbonyl (C=O) groups is 2. The lowest BCUT2D eigenvalue weighted by Gasteiger charge is -2.34. The molecule has 0 aliphatic carbocycles. The molecule has 2 amide bonds. The Labute approximate surface area is 216 Å². The normalized spacial score (nSPS) is 15.4. The van der Waals surface area contributed by atoms with Gasteiger partial charge in [-0.15, -0.1) is 10.2 Å². The number of carbonyl (C=O) groups excluding carboxylic acids is 2. The fraction of sp³-hybridized carbons (Fsp3) is 0.500. The van der Waals surface area contributed by atoms with Crippen molar-refractivity contribution >= 4 is 11.8 Å². The largest absolute Gasteiger partial charge is 0.467 e. The molecule has 3 heterocycles. The van der Waals surface area contributed by atoms with E-state index in [1.165, 1.54) is 11.1 Å². The minimum Gasteiger partial charge on any atom is -0.467 e. The van der Waals surface area contributed by atoms with Crippen LogP contribution in [0.1, 0.15) is 38.1 Å². The van der Waals surface area contributed by atoms with E-state index in [4.69, 9.17) is 9.15 Å². The highest BCUT2D eigenvalue weighted by Crippen LogP contribution is 2.24. The maximum Gasteiger partial charge on any atom is 0.251 e. The highest BCUT2D eigenvalue weighted by atomic mass is 16.5. The van der Waals surface area contributed by atoms with Gasteiger partial charge in [0.05, 0.1) is 19.5 Å². The number of furan rings is 1. The minimum atomic E-state index is -0.942. The van der Waals surface area contributed by atoms with Gasteiger partial charge in [0.2, 0.25) is 11.7 Å². The number of benzene rings is 1. The Morgan fingerprint density at radius 1 is 1.14 bits per heavy atom. The predicted octanol–water partition coefficient (Wildman–Crippen LogP) is 2.06. The first-order valence-electron chi connectivity index (χ1n) is 12.5. The second-order valence-corrected chi connectivity index (χ2v) is 10.2. The zero-order valence-electron chi connectivity index (χ0n) is 21.9. The van der Waals surface area contributed by atoms with Gasteiger partial charge in [0.15, 0.2) is 6.04 Å². The molecular weight excluding hydrogens is 474 g/mol. The van der Waals surface area contributed by atoms with Gasteiger partial charge in [0.25, 0.3) is 5.91 Å². The van der Waals surface area contributed by atoms with Crippen molar-refractivity contribution in [1.82, 2.24) is 35.3 Å². The third-order valence-corrected chi connectivity index (χ3v) is 5.99. The molecule has 1 fully saturated rings. The first-order valence-corrected chi connectivity index (χ1v) is 12.5. The van der Waals surface area contributed by atoms with E-state index in [1.807, 2.05) is 52.0 Å². The van der Waals surface area contributed by atoms with Gasteiger partial charge in [-0.25, -0.2) is 0 Å². The molecule has 1 atom stereocenters. The SMILES string of the molecule is Cc1ccc(-c2nnn(CC(=O)N(CCN3CCOCC3)[C@H](C(=O)NC(C)(C)C)c3ccco3)n2)cc1. The molecular formula is C26H35N7O4. The number of ether oxygens (including phenoxy) is 1. The number of nitrogens with zero attached hydrogens (tertiary/aromatic N) is 6. The van der Waals surface area contributed by atoms with E-state index in [1.54, 1.807) is 17.0 Å². The fourth-order valence-corrected chi connectivity index (χ4v) is 4.12. The van der Waals surface area contributed by atoms with Gasteiger partial charge in [-0.2, -0.15) is 4.80 Å². The molecule has 0 unspecified atom stereocenters. The molecule has 1 saturated heterocycles. The summed E-state index contributed by atoms with van der Waals surface area (Å²) < 4.78 is 11.1. The van der Waals surface area contributed by atoms with E-state index in [9.17, 15) is 9.59 Å². The van der Waals surface area contributed by atoms with Crippen molar-refractivity contribution in [1.29, 1.82) is 0 Å². The third-order valence-electron chi connectivity index (χ3n) is 5.99. The van der Waals surface area contributed by atoms with Crippen molar-refractivity contribution in [3.05, 3.63) is 54.0 Å². The summed E-state index contributed by atoms with van der Waals surface area (Å²) in [6.07, 6.45) is 1.50. The van der Waals surface area contributed by atoms with Crippen molar-refractivity contribution in [2.75, 3.05) is 39.4 Å². The quantitative estimate of drug-likeness (QED) is 0.466. The second-order valence-electron chi connectivity index (χ2n) is 10.2. The van der Waals surface area contributed by atoms with Crippen LogP contribution in [0.4, 0.5) is 0 Å². The summed E-state index contributed by atoms with van der Waals surface area (Å²) >= 11 is 0. The van der Waals surface area contributed by atoms with Crippen molar-refractivity contribution in [2.45, 2.75) is 45.8 Å². The van der Waals surface area contributed by atoms with Crippen LogP contribution in [0.2, 0.25) is 0 Å². The van der Waals surface area contributed by atoms with Crippen LogP contribution in [0.15, 0.2) is 47.1 Å². The van der Waals surface area contributed by atoms with Crippen LogP contribution in [-0.2, 0) is 20.9 Å². The average molecular weight is 510 g/mol. The van der Waals surface area contributed by atoms with Gasteiger partial charge in [0, 0.05) is 37.3 Å². The van der Waals surface area contributed by atoms with Gasteiger partial charge in [0.1, 0.15) is 12.3 Å². The molecule has 0 bridgehead atoms. The predicted molar refractivity (Wildman–Crippen MR) is 136 cm³/mol. The lowest BCUT2D eigenvalue weighted by Crippen LogP contribution is -2.52. The Hall–Kier alpha value is -3.57. The zero-order valence-corrected chi connectivity index (χ0v) is 21.9. The van der Waals surface area contributed by atoms with Gasteiger partial charge < -0.3 is 19.4 Å². The van der Waals surface area contributed by atoms with E-state index < -0.39 is 11.6 Å². The molecule has 0 radical (unpaired) electrons. The number of hydrogen-bond donors (Lipinski definition) is 1. The van der Waals surface area contributed by atoms with Crippen molar-refractivity contribution in [3.63, 3.8) is 0 Å². The van der Waals surface area contributed by atoms with Crippen LogP contribution in [0, 0.1) is 6.92 Å². The monoisotopic (exact) mass is 509 g/mol. The number of rotatable bonds is 9. The number of aromatic nitrogens is 4. The van der Waals surface area contributed by atoms with E-state index >= 15 is 0 Å². The summed E-state index contributed by atoms with van der Waals surface area (Å²) in [6.45, 7) is 11.3. The molecule has 1 aliphatic rings. The first-order chi connectivity index (χ1) is 17.7. The Kier molecular flexibility index (Phi) is 8.34.